The molecule has 1 rings (SSSR count). The van der Waals surface area contributed by atoms with Crippen molar-refractivity contribution in [2.24, 2.45) is 0 Å². The highest BCUT2D eigenvalue weighted by molar-refractivity contribution is 5.66. The van der Waals surface area contributed by atoms with Gasteiger partial charge in [-0.25, -0.2) is 0 Å². The van der Waals surface area contributed by atoms with Crippen LogP contribution < -0.4 is 14.8 Å². The van der Waals surface area contributed by atoms with Gasteiger partial charge in [-0.15, -0.1) is 0 Å². The fourth-order valence-electron chi connectivity index (χ4n) is 1.98. The molecule has 0 heterocycles. The predicted molar refractivity (Wildman–Crippen MR) is 73.1 cm³/mol. The van der Waals surface area contributed by atoms with E-state index < -0.39 is 5.97 Å². The SMILES string of the molecule is COc1ccc(CCNCCC(=O)O)c(OC)c1C. The third kappa shape index (κ3) is 4.44. The van der Waals surface area contributed by atoms with Crippen LogP contribution in [0.25, 0.3) is 0 Å². The second-order valence-electron chi connectivity index (χ2n) is 4.23. The first-order valence-electron chi connectivity index (χ1n) is 6.23. The van der Waals surface area contributed by atoms with Crippen molar-refractivity contribution in [3.63, 3.8) is 0 Å². The van der Waals surface area contributed by atoms with Gasteiger partial charge in [0.25, 0.3) is 0 Å². The second kappa shape index (κ2) is 7.63. The topological polar surface area (TPSA) is 67.8 Å². The van der Waals surface area contributed by atoms with E-state index in [-0.39, 0.29) is 6.42 Å². The van der Waals surface area contributed by atoms with Crippen molar-refractivity contribution >= 4 is 5.97 Å². The van der Waals surface area contributed by atoms with Crippen LogP contribution in [0.2, 0.25) is 0 Å². The zero-order valence-electron chi connectivity index (χ0n) is 11.7. The van der Waals surface area contributed by atoms with Crippen LogP contribution in [0, 0.1) is 6.92 Å². The van der Waals surface area contributed by atoms with Crippen molar-refractivity contribution in [3.05, 3.63) is 23.3 Å². The summed E-state index contributed by atoms with van der Waals surface area (Å²) in [5.74, 6) is 0.851. The molecule has 0 unspecified atom stereocenters. The van der Waals surface area contributed by atoms with E-state index in [1.54, 1.807) is 14.2 Å². The van der Waals surface area contributed by atoms with Gasteiger partial charge in [0, 0.05) is 12.1 Å². The number of hydrogen-bond donors (Lipinski definition) is 2. The molecule has 0 amide bonds. The molecule has 0 saturated heterocycles. The Bertz CT molecular complexity index is 432. The standard InChI is InChI=1S/C14H21NO4/c1-10-12(18-2)5-4-11(14(10)19-3)6-8-15-9-7-13(16)17/h4-5,15H,6-9H2,1-3H3,(H,16,17). The van der Waals surface area contributed by atoms with Gasteiger partial charge in [0.2, 0.25) is 0 Å². The van der Waals surface area contributed by atoms with E-state index in [0.717, 1.165) is 35.6 Å². The normalized spacial score (nSPS) is 10.3. The Hall–Kier alpha value is -1.75. The number of rotatable bonds is 8. The number of ether oxygens (including phenoxy) is 2. The predicted octanol–water partition coefficient (Wildman–Crippen LogP) is 1.62. The molecule has 0 radical (unpaired) electrons. The van der Waals surface area contributed by atoms with E-state index >= 15 is 0 Å². The maximum Gasteiger partial charge on any atom is 0.304 e. The van der Waals surface area contributed by atoms with Crippen LogP contribution in [0.1, 0.15) is 17.5 Å². The highest BCUT2D eigenvalue weighted by atomic mass is 16.5. The molecule has 0 fully saturated rings. The number of carboxylic acid groups (broad SMARTS) is 1. The lowest BCUT2D eigenvalue weighted by Gasteiger charge is -2.14. The van der Waals surface area contributed by atoms with E-state index in [0.29, 0.717) is 6.54 Å². The van der Waals surface area contributed by atoms with E-state index in [1.807, 2.05) is 19.1 Å². The number of carboxylic acids is 1. The number of benzene rings is 1. The van der Waals surface area contributed by atoms with Crippen LogP contribution >= 0.6 is 0 Å². The van der Waals surface area contributed by atoms with Gasteiger partial charge in [-0.2, -0.15) is 0 Å². The van der Waals surface area contributed by atoms with Gasteiger partial charge in [0.15, 0.2) is 0 Å². The zero-order valence-corrected chi connectivity index (χ0v) is 11.7. The van der Waals surface area contributed by atoms with Gasteiger partial charge in [0.1, 0.15) is 11.5 Å². The van der Waals surface area contributed by atoms with Crippen LogP contribution in [0.3, 0.4) is 0 Å². The summed E-state index contributed by atoms with van der Waals surface area (Å²) in [6, 6.07) is 3.90. The molecule has 0 aliphatic carbocycles. The molecule has 0 bridgehead atoms. The quantitative estimate of drug-likeness (QED) is 0.701. The molecule has 0 aliphatic heterocycles. The Labute approximate surface area is 113 Å². The minimum absolute atomic E-state index is 0.138. The first kappa shape index (κ1) is 15.3. The van der Waals surface area contributed by atoms with Gasteiger partial charge >= 0.3 is 5.97 Å². The summed E-state index contributed by atoms with van der Waals surface area (Å²) in [7, 11) is 3.28. The van der Waals surface area contributed by atoms with Crippen molar-refractivity contribution in [3.8, 4) is 11.5 Å². The van der Waals surface area contributed by atoms with Gasteiger partial charge in [-0.1, -0.05) is 6.07 Å². The lowest BCUT2D eigenvalue weighted by Crippen LogP contribution is -2.21. The molecule has 0 aromatic heterocycles. The summed E-state index contributed by atoms with van der Waals surface area (Å²) in [5.41, 5.74) is 2.07. The molecule has 0 spiro atoms. The molecule has 5 nitrogen and oxygen atoms in total. The number of nitrogens with one attached hydrogen (secondary N) is 1. The molecular weight excluding hydrogens is 246 g/mol. The lowest BCUT2D eigenvalue weighted by molar-refractivity contribution is -0.136. The van der Waals surface area contributed by atoms with E-state index in [4.69, 9.17) is 14.6 Å². The third-order valence-corrected chi connectivity index (χ3v) is 2.95. The summed E-state index contributed by atoms with van der Waals surface area (Å²) in [6.07, 6.45) is 0.923. The minimum Gasteiger partial charge on any atom is -0.496 e. The van der Waals surface area contributed by atoms with E-state index in [2.05, 4.69) is 5.32 Å². The van der Waals surface area contributed by atoms with Crippen LogP contribution in [0.4, 0.5) is 0 Å². The van der Waals surface area contributed by atoms with Crippen LogP contribution in [-0.4, -0.2) is 38.4 Å². The molecule has 106 valence electrons. The summed E-state index contributed by atoms with van der Waals surface area (Å²) in [6.45, 7) is 3.15. The summed E-state index contributed by atoms with van der Waals surface area (Å²) in [4.78, 5) is 10.4. The molecule has 0 atom stereocenters. The molecule has 19 heavy (non-hydrogen) atoms. The molecule has 5 heteroatoms. The maximum absolute atomic E-state index is 10.4. The lowest BCUT2D eigenvalue weighted by atomic mass is 10.1. The molecule has 1 aromatic rings. The van der Waals surface area contributed by atoms with Gasteiger partial charge in [-0.3, -0.25) is 4.79 Å². The number of methoxy groups -OCH3 is 2. The van der Waals surface area contributed by atoms with Crippen LogP contribution in [-0.2, 0) is 11.2 Å². The Morgan fingerprint density at radius 3 is 2.58 bits per heavy atom. The Kier molecular flexibility index (Phi) is 6.15. The summed E-state index contributed by atoms with van der Waals surface area (Å²) >= 11 is 0. The van der Waals surface area contributed by atoms with Crippen LogP contribution in [0.5, 0.6) is 11.5 Å². The zero-order chi connectivity index (χ0) is 14.3. The Balaban J connectivity index is 2.58. The Morgan fingerprint density at radius 1 is 1.26 bits per heavy atom. The van der Waals surface area contributed by atoms with Crippen molar-refractivity contribution in [1.29, 1.82) is 0 Å². The van der Waals surface area contributed by atoms with E-state index in [1.165, 1.54) is 0 Å². The number of hydrogen-bond acceptors (Lipinski definition) is 4. The largest absolute Gasteiger partial charge is 0.496 e. The minimum atomic E-state index is -0.787. The Morgan fingerprint density at radius 2 is 2.00 bits per heavy atom. The number of aliphatic carboxylic acids is 1. The summed E-state index contributed by atoms with van der Waals surface area (Å²) < 4.78 is 10.7. The van der Waals surface area contributed by atoms with Gasteiger partial charge in [0.05, 0.1) is 20.6 Å². The van der Waals surface area contributed by atoms with Crippen molar-refractivity contribution in [2.75, 3.05) is 27.3 Å². The van der Waals surface area contributed by atoms with E-state index in [9.17, 15) is 4.79 Å². The number of carbonyl (C=O) groups is 1. The van der Waals surface area contributed by atoms with Gasteiger partial charge in [-0.05, 0) is 31.5 Å². The second-order valence-corrected chi connectivity index (χ2v) is 4.23. The smallest absolute Gasteiger partial charge is 0.304 e. The average Bonchev–Trinajstić information content (AvgIpc) is 2.38. The van der Waals surface area contributed by atoms with Crippen molar-refractivity contribution in [1.82, 2.24) is 5.32 Å². The highest BCUT2D eigenvalue weighted by Crippen LogP contribution is 2.31. The third-order valence-electron chi connectivity index (χ3n) is 2.95. The van der Waals surface area contributed by atoms with Crippen molar-refractivity contribution in [2.45, 2.75) is 19.8 Å². The fourth-order valence-corrected chi connectivity index (χ4v) is 1.98. The molecule has 1 aromatic carbocycles. The molecule has 2 N–H and O–H groups in total. The average molecular weight is 267 g/mol. The summed E-state index contributed by atoms with van der Waals surface area (Å²) in [5, 5.41) is 11.6. The molecular formula is C14H21NO4. The fraction of sp³-hybridized carbons (Fsp3) is 0.500. The van der Waals surface area contributed by atoms with Crippen molar-refractivity contribution < 1.29 is 19.4 Å². The maximum atomic E-state index is 10.4. The first-order valence-corrected chi connectivity index (χ1v) is 6.23. The molecule has 0 saturated carbocycles. The monoisotopic (exact) mass is 267 g/mol. The first-order chi connectivity index (χ1) is 9.10. The van der Waals surface area contributed by atoms with Crippen LogP contribution in [0.15, 0.2) is 12.1 Å². The highest BCUT2D eigenvalue weighted by Gasteiger charge is 2.10. The van der Waals surface area contributed by atoms with Gasteiger partial charge < -0.3 is 19.9 Å². The molecule has 0 aliphatic rings.